The van der Waals surface area contributed by atoms with Crippen molar-refractivity contribution in [2.45, 2.75) is 42.8 Å². The number of halogens is 1. The Bertz CT molecular complexity index is 261. The summed E-state index contributed by atoms with van der Waals surface area (Å²) in [5, 5.41) is 0. The Morgan fingerprint density at radius 1 is 1.50 bits per heavy atom. The van der Waals surface area contributed by atoms with Crippen molar-refractivity contribution < 1.29 is 9.53 Å². The van der Waals surface area contributed by atoms with Crippen LogP contribution in [0.15, 0.2) is 0 Å². The molecule has 0 radical (unpaired) electrons. The van der Waals surface area contributed by atoms with Crippen molar-refractivity contribution in [2.24, 2.45) is 5.92 Å². The molecule has 4 heteroatoms. The van der Waals surface area contributed by atoms with Gasteiger partial charge in [-0.05, 0) is 33.1 Å². The number of ether oxygens (including phenoxy) is 1. The molecule has 3 atom stereocenters. The first kappa shape index (κ1) is 10.5. The number of amides is 1. The largest absolute Gasteiger partial charge is 0.444 e. The third kappa shape index (κ3) is 1.73. The lowest BCUT2D eigenvalue weighted by Crippen LogP contribution is -2.43. The molecule has 3 nitrogen and oxygen atoms in total. The van der Waals surface area contributed by atoms with Gasteiger partial charge in [0.25, 0.3) is 0 Å². The van der Waals surface area contributed by atoms with Crippen LogP contribution in [-0.4, -0.2) is 33.1 Å². The van der Waals surface area contributed by atoms with Gasteiger partial charge in [-0.15, -0.1) is 0 Å². The molecule has 0 N–H and O–H groups in total. The number of alkyl halides is 1. The summed E-state index contributed by atoms with van der Waals surface area (Å²) in [6.07, 6.45) is 1.04. The molecule has 0 unspecified atom stereocenters. The molecular weight excluding hydrogens is 293 g/mol. The Morgan fingerprint density at radius 2 is 2.14 bits per heavy atom. The molecule has 1 amide bonds. The summed E-state index contributed by atoms with van der Waals surface area (Å²) < 4.78 is 6.00. The number of rotatable bonds is 0. The summed E-state index contributed by atoms with van der Waals surface area (Å²) in [4.78, 5) is 13.6. The molecule has 2 aliphatic heterocycles. The van der Waals surface area contributed by atoms with Gasteiger partial charge in [-0.2, -0.15) is 0 Å². The third-order valence-corrected chi connectivity index (χ3v) is 4.67. The van der Waals surface area contributed by atoms with Crippen molar-refractivity contribution in [3.05, 3.63) is 0 Å². The quantitative estimate of drug-likeness (QED) is 0.508. The molecule has 2 bridgehead atoms. The topological polar surface area (TPSA) is 29.5 Å². The molecule has 3 rings (SSSR count). The van der Waals surface area contributed by atoms with Crippen molar-refractivity contribution in [2.75, 3.05) is 6.54 Å². The van der Waals surface area contributed by atoms with E-state index in [0.29, 0.717) is 15.9 Å². The highest BCUT2D eigenvalue weighted by Crippen LogP contribution is 2.46. The van der Waals surface area contributed by atoms with Crippen LogP contribution in [0.2, 0.25) is 0 Å². The SMILES string of the molecule is CC(C)(C)OC(=O)N1C[C@H]2C[C@@H]1[C@@H]2I. The van der Waals surface area contributed by atoms with Crippen LogP contribution in [0.3, 0.4) is 0 Å². The number of hydrogen-bond donors (Lipinski definition) is 0. The van der Waals surface area contributed by atoms with Crippen molar-refractivity contribution in [3.8, 4) is 0 Å². The van der Waals surface area contributed by atoms with E-state index in [9.17, 15) is 4.79 Å². The van der Waals surface area contributed by atoms with Gasteiger partial charge < -0.3 is 9.64 Å². The first-order chi connectivity index (χ1) is 6.38. The number of nitrogens with zero attached hydrogens (tertiary/aromatic N) is 1. The average molecular weight is 309 g/mol. The molecule has 2 saturated heterocycles. The van der Waals surface area contributed by atoms with Gasteiger partial charge in [0, 0.05) is 16.5 Å². The Morgan fingerprint density at radius 3 is 2.50 bits per heavy atom. The lowest BCUT2D eigenvalue weighted by molar-refractivity contribution is 0.0252. The van der Waals surface area contributed by atoms with Gasteiger partial charge in [-0.3, -0.25) is 0 Å². The molecule has 1 aliphatic carbocycles. The molecule has 0 aromatic heterocycles. The van der Waals surface area contributed by atoms with Crippen LogP contribution in [0, 0.1) is 5.92 Å². The first-order valence-electron chi connectivity index (χ1n) is 5.02. The van der Waals surface area contributed by atoms with Gasteiger partial charge in [0.15, 0.2) is 0 Å². The second-order valence-corrected chi connectivity index (χ2v) is 6.58. The zero-order valence-corrected chi connectivity index (χ0v) is 10.9. The lowest BCUT2D eigenvalue weighted by atomic mass is 9.86. The predicted octanol–water partition coefficient (Wildman–Crippen LogP) is 2.43. The molecule has 3 fully saturated rings. The van der Waals surface area contributed by atoms with E-state index < -0.39 is 0 Å². The minimum atomic E-state index is -0.370. The highest BCUT2D eigenvalue weighted by atomic mass is 127. The summed E-state index contributed by atoms with van der Waals surface area (Å²) in [5.74, 6) is 0.716. The van der Waals surface area contributed by atoms with Crippen LogP contribution in [0.1, 0.15) is 27.2 Å². The number of carbonyl (C=O) groups excluding carboxylic acids is 1. The molecule has 0 spiro atoms. The number of carbonyl (C=O) groups is 1. The van der Waals surface area contributed by atoms with Gasteiger partial charge in [-0.25, -0.2) is 4.79 Å². The zero-order valence-electron chi connectivity index (χ0n) is 8.79. The zero-order chi connectivity index (χ0) is 10.5. The monoisotopic (exact) mass is 309 g/mol. The molecular formula is C10H16INO2. The molecule has 0 aromatic carbocycles. The normalized spacial score (nSPS) is 35.4. The Hall–Kier alpha value is 0. The molecule has 0 aromatic rings. The van der Waals surface area contributed by atoms with E-state index in [1.165, 1.54) is 6.42 Å². The van der Waals surface area contributed by atoms with Crippen LogP contribution in [0.25, 0.3) is 0 Å². The van der Waals surface area contributed by atoms with Crippen LogP contribution < -0.4 is 0 Å². The number of hydrogen-bond acceptors (Lipinski definition) is 2. The van der Waals surface area contributed by atoms with Crippen LogP contribution in [0.5, 0.6) is 0 Å². The van der Waals surface area contributed by atoms with E-state index in [1.807, 2.05) is 25.7 Å². The predicted molar refractivity (Wildman–Crippen MR) is 62.6 cm³/mol. The van der Waals surface area contributed by atoms with Crippen LogP contribution in [0.4, 0.5) is 4.79 Å². The highest BCUT2D eigenvalue weighted by Gasteiger charge is 2.53. The van der Waals surface area contributed by atoms with E-state index in [2.05, 4.69) is 22.6 Å². The Balaban J connectivity index is 1.94. The maximum absolute atomic E-state index is 11.7. The first-order valence-corrected chi connectivity index (χ1v) is 6.27. The maximum atomic E-state index is 11.7. The summed E-state index contributed by atoms with van der Waals surface area (Å²) in [6, 6.07) is 0.440. The van der Waals surface area contributed by atoms with Crippen molar-refractivity contribution >= 4 is 28.7 Å². The van der Waals surface area contributed by atoms with Gasteiger partial charge in [0.1, 0.15) is 5.60 Å². The molecule has 14 heavy (non-hydrogen) atoms. The van der Waals surface area contributed by atoms with Crippen LogP contribution >= 0.6 is 22.6 Å². The summed E-state index contributed by atoms with van der Waals surface area (Å²) >= 11 is 2.44. The summed E-state index contributed by atoms with van der Waals surface area (Å²) in [6.45, 7) is 6.62. The van der Waals surface area contributed by atoms with E-state index in [-0.39, 0.29) is 11.7 Å². The van der Waals surface area contributed by atoms with Crippen LogP contribution in [-0.2, 0) is 4.74 Å². The molecule has 1 saturated carbocycles. The van der Waals surface area contributed by atoms with Crippen molar-refractivity contribution in [3.63, 3.8) is 0 Å². The maximum Gasteiger partial charge on any atom is 0.410 e. The second kappa shape index (κ2) is 3.25. The lowest BCUT2D eigenvalue weighted by Gasteiger charge is -2.32. The van der Waals surface area contributed by atoms with Gasteiger partial charge >= 0.3 is 6.09 Å². The fourth-order valence-corrected chi connectivity index (χ4v) is 3.28. The molecule has 80 valence electrons. The standard InChI is InChI=1S/C10H16INO2/c1-10(2,3)14-9(13)12-5-6-4-7(12)8(6)11/h6-8H,4-5H2,1-3H3/t6-,7-,8-/m1/s1. The van der Waals surface area contributed by atoms with Crippen molar-refractivity contribution in [1.29, 1.82) is 0 Å². The van der Waals surface area contributed by atoms with Gasteiger partial charge in [-0.1, -0.05) is 22.6 Å². The minimum absolute atomic E-state index is 0.135. The molecule has 2 heterocycles. The summed E-state index contributed by atoms with van der Waals surface area (Å²) in [5.41, 5.74) is -0.370. The van der Waals surface area contributed by atoms with E-state index >= 15 is 0 Å². The van der Waals surface area contributed by atoms with Gasteiger partial charge in [0.05, 0.1) is 0 Å². The average Bonchev–Trinajstić information content (AvgIpc) is 2.55. The van der Waals surface area contributed by atoms with Gasteiger partial charge in [0.2, 0.25) is 0 Å². The highest BCUT2D eigenvalue weighted by molar-refractivity contribution is 14.1. The Labute approximate surface area is 98.3 Å². The minimum Gasteiger partial charge on any atom is -0.444 e. The second-order valence-electron chi connectivity index (χ2n) is 5.14. The van der Waals surface area contributed by atoms with E-state index in [1.54, 1.807) is 0 Å². The number of fused-ring (bicyclic) bond motifs is 1. The third-order valence-electron chi connectivity index (χ3n) is 2.82. The summed E-state index contributed by atoms with van der Waals surface area (Å²) in [7, 11) is 0. The van der Waals surface area contributed by atoms with Crippen molar-refractivity contribution in [1.82, 2.24) is 4.90 Å². The fraction of sp³-hybridized carbons (Fsp3) is 0.900. The fourth-order valence-electron chi connectivity index (χ4n) is 2.08. The Kier molecular flexibility index (Phi) is 2.44. The van der Waals surface area contributed by atoms with E-state index in [4.69, 9.17) is 4.74 Å². The molecule has 3 aliphatic rings. The van der Waals surface area contributed by atoms with E-state index in [0.717, 1.165) is 6.54 Å². The smallest absolute Gasteiger partial charge is 0.410 e.